The summed E-state index contributed by atoms with van der Waals surface area (Å²) in [5, 5.41) is 0.506. The molecule has 1 atom stereocenters. The summed E-state index contributed by atoms with van der Waals surface area (Å²) in [6.07, 6.45) is 1.41. The molecule has 0 saturated heterocycles. The lowest BCUT2D eigenvalue weighted by atomic mass is 10.1. The van der Waals surface area contributed by atoms with Crippen molar-refractivity contribution in [2.75, 3.05) is 6.54 Å². The Morgan fingerprint density at radius 2 is 1.68 bits per heavy atom. The van der Waals surface area contributed by atoms with Gasteiger partial charge in [-0.1, -0.05) is 56.3 Å². The van der Waals surface area contributed by atoms with Crippen LogP contribution in [0.25, 0.3) is 16.6 Å². The molecule has 5 nitrogen and oxygen atoms in total. The van der Waals surface area contributed by atoms with Crippen LogP contribution in [0.4, 0.5) is 4.39 Å². The number of nitrogens with zero attached hydrogens (tertiary/aromatic N) is 3. The van der Waals surface area contributed by atoms with E-state index < -0.39 is 17.8 Å². The first-order valence-corrected chi connectivity index (χ1v) is 11.6. The van der Waals surface area contributed by atoms with Gasteiger partial charge >= 0.3 is 0 Å². The third-order valence-corrected chi connectivity index (χ3v) is 6.09. The molecule has 0 bridgehead atoms. The zero-order valence-corrected chi connectivity index (χ0v) is 19.7. The maximum Gasteiger partial charge on any atom is 0.266 e. The lowest BCUT2D eigenvalue weighted by molar-refractivity contribution is 0.0676. The van der Waals surface area contributed by atoms with Gasteiger partial charge in [0.05, 0.1) is 28.2 Å². The van der Waals surface area contributed by atoms with E-state index in [-0.39, 0.29) is 11.1 Å². The number of carbonyl (C=O) groups is 1. The molecule has 0 spiro atoms. The molecule has 1 unspecified atom stereocenters. The Kier molecular flexibility index (Phi) is 6.87. The Balaban J connectivity index is 1.95. The van der Waals surface area contributed by atoms with Crippen LogP contribution in [0.2, 0.25) is 0 Å². The van der Waals surface area contributed by atoms with Crippen molar-refractivity contribution in [3.05, 3.63) is 106 Å². The Labute approximate surface area is 198 Å². The van der Waals surface area contributed by atoms with E-state index >= 15 is 0 Å². The topological polar surface area (TPSA) is 55.2 Å². The number of benzene rings is 3. The van der Waals surface area contributed by atoms with Crippen LogP contribution >= 0.6 is 0 Å². The second kappa shape index (κ2) is 10.00. The van der Waals surface area contributed by atoms with E-state index in [9.17, 15) is 14.0 Å². The van der Waals surface area contributed by atoms with Crippen molar-refractivity contribution in [2.24, 2.45) is 0 Å². The summed E-state index contributed by atoms with van der Waals surface area (Å²) in [5.74, 6) is -0.547. The summed E-state index contributed by atoms with van der Waals surface area (Å²) in [6, 6.07) is 20.3. The Hall–Kier alpha value is -3.80. The van der Waals surface area contributed by atoms with Crippen LogP contribution in [0.5, 0.6) is 0 Å². The SMILES string of the molecule is CCCN(C(=O)c1ccccc1F)C(C)c1nc2ccccc2c(=O)n1-c1ccccc1CC. The van der Waals surface area contributed by atoms with E-state index in [2.05, 4.69) is 0 Å². The summed E-state index contributed by atoms with van der Waals surface area (Å²) in [4.78, 5) is 33.7. The number of rotatable bonds is 7. The number of aryl methyl sites for hydroxylation is 1. The van der Waals surface area contributed by atoms with Gasteiger partial charge in [0.15, 0.2) is 0 Å². The summed E-state index contributed by atoms with van der Waals surface area (Å²) in [5.41, 5.74) is 2.12. The fraction of sp³-hybridized carbons (Fsp3) is 0.250. The molecule has 0 aliphatic rings. The molecule has 0 N–H and O–H groups in total. The Bertz CT molecular complexity index is 1400. The molecule has 0 fully saturated rings. The minimum absolute atomic E-state index is 0.00597. The number of halogens is 1. The molecule has 0 aliphatic heterocycles. The molecule has 4 rings (SSSR count). The van der Waals surface area contributed by atoms with E-state index in [0.717, 1.165) is 17.7 Å². The number of hydrogen-bond donors (Lipinski definition) is 0. The van der Waals surface area contributed by atoms with Crippen LogP contribution in [0.3, 0.4) is 0 Å². The van der Waals surface area contributed by atoms with Gasteiger partial charge in [-0.2, -0.15) is 0 Å². The molecule has 1 heterocycles. The zero-order valence-electron chi connectivity index (χ0n) is 19.7. The van der Waals surface area contributed by atoms with Gasteiger partial charge in [0, 0.05) is 6.54 Å². The largest absolute Gasteiger partial charge is 0.329 e. The third kappa shape index (κ3) is 4.23. The van der Waals surface area contributed by atoms with Crippen molar-refractivity contribution in [3.63, 3.8) is 0 Å². The van der Waals surface area contributed by atoms with Crippen molar-refractivity contribution in [1.29, 1.82) is 0 Å². The highest BCUT2D eigenvalue weighted by molar-refractivity contribution is 5.94. The minimum atomic E-state index is -0.575. The zero-order chi connectivity index (χ0) is 24.2. The van der Waals surface area contributed by atoms with Crippen molar-refractivity contribution in [1.82, 2.24) is 14.5 Å². The highest BCUT2D eigenvalue weighted by Gasteiger charge is 2.28. The van der Waals surface area contributed by atoms with Crippen LogP contribution in [0.1, 0.15) is 55.0 Å². The summed E-state index contributed by atoms with van der Waals surface area (Å²) in [7, 11) is 0. The molecule has 0 radical (unpaired) electrons. The monoisotopic (exact) mass is 457 g/mol. The standard InChI is InChI=1S/C28H28FN3O2/c1-4-18-31(27(33)21-13-7-9-15-23(21)29)19(3)26-30-24-16-10-8-14-22(24)28(34)32(26)25-17-11-6-12-20(25)5-2/h6-17,19H,4-5,18H2,1-3H3. The molecule has 3 aromatic carbocycles. The Morgan fingerprint density at radius 3 is 2.41 bits per heavy atom. The molecule has 1 amide bonds. The van der Waals surface area contributed by atoms with Gasteiger partial charge < -0.3 is 4.90 Å². The van der Waals surface area contributed by atoms with Crippen LogP contribution in [-0.4, -0.2) is 26.9 Å². The molecule has 34 heavy (non-hydrogen) atoms. The first kappa shape index (κ1) is 23.4. The van der Waals surface area contributed by atoms with E-state index in [1.165, 1.54) is 12.1 Å². The highest BCUT2D eigenvalue weighted by Crippen LogP contribution is 2.26. The highest BCUT2D eigenvalue weighted by atomic mass is 19.1. The summed E-state index contributed by atoms with van der Waals surface area (Å²) in [6.45, 7) is 6.23. The smallest absolute Gasteiger partial charge is 0.266 e. The molecule has 174 valence electrons. The fourth-order valence-corrected chi connectivity index (χ4v) is 4.33. The quantitative estimate of drug-likeness (QED) is 0.358. The lowest BCUT2D eigenvalue weighted by Crippen LogP contribution is -2.38. The van der Waals surface area contributed by atoms with E-state index in [1.54, 1.807) is 33.7 Å². The Morgan fingerprint density at radius 1 is 1.00 bits per heavy atom. The summed E-state index contributed by atoms with van der Waals surface area (Å²) < 4.78 is 16.1. The second-order valence-corrected chi connectivity index (χ2v) is 8.26. The van der Waals surface area contributed by atoms with E-state index in [4.69, 9.17) is 4.98 Å². The number of carbonyl (C=O) groups excluding carboxylic acids is 1. The third-order valence-electron chi connectivity index (χ3n) is 6.09. The van der Waals surface area contributed by atoms with Gasteiger partial charge in [-0.05, 0) is 55.7 Å². The minimum Gasteiger partial charge on any atom is -0.329 e. The van der Waals surface area contributed by atoms with E-state index in [1.807, 2.05) is 57.2 Å². The van der Waals surface area contributed by atoms with Gasteiger partial charge in [0.2, 0.25) is 0 Å². The maximum absolute atomic E-state index is 14.5. The number of fused-ring (bicyclic) bond motifs is 1. The average molecular weight is 458 g/mol. The maximum atomic E-state index is 14.5. The molecule has 4 aromatic rings. The van der Waals surface area contributed by atoms with Gasteiger partial charge in [0.25, 0.3) is 11.5 Å². The van der Waals surface area contributed by atoms with Crippen molar-refractivity contribution in [2.45, 2.75) is 39.7 Å². The van der Waals surface area contributed by atoms with Gasteiger partial charge in [0.1, 0.15) is 11.6 Å². The van der Waals surface area contributed by atoms with Gasteiger partial charge in [-0.15, -0.1) is 0 Å². The predicted molar refractivity (Wildman–Crippen MR) is 133 cm³/mol. The van der Waals surface area contributed by atoms with Crippen LogP contribution < -0.4 is 5.56 Å². The molecule has 1 aromatic heterocycles. The van der Waals surface area contributed by atoms with Gasteiger partial charge in [-0.3, -0.25) is 14.2 Å². The van der Waals surface area contributed by atoms with Crippen molar-refractivity contribution >= 4 is 16.8 Å². The molecular weight excluding hydrogens is 429 g/mol. The molecule has 0 saturated carbocycles. The first-order valence-electron chi connectivity index (χ1n) is 11.6. The fourth-order valence-electron chi connectivity index (χ4n) is 4.33. The number of hydrogen-bond acceptors (Lipinski definition) is 3. The van der Waals surface area contributed by atoms with Crippen LogP contribution in [0, 0.1) is 5.82 Å². The number of amides is 1. The first-order chi connectivity index (χ1) is 16.5. The summed E-state index contributed by atoms with van der Waals surface area (Å²) >= 11 is 0. The molecular formula is C28H28FN3O2. The number of aromatic nitrogens is 2. The average Bonchev–Trinajstić information content (AvgIpc) is 2.87. The van der Waals surface area contributed by atoms with Crippen LogP contribution in [0.15, 0.2) is 77.6 Å². The number of para-hydroxylation sites is 2. The normalized spacial score (nSPS) is 12.0. The van der Waals surface area contributed by atoms with E-state index in [0.29, 0.717) is 29.7 Å². The van der Waals surface area contributed by atoms with Crippen molar-refractivity contribution < 1.29 is 9.18 Å². The molecule has 6 heteroatoms. The lowest BCUT2D eigenvalue weighted by Gasteiger charge is -2.31. The molecule has 0 aliphatic carbocycles. The predicted octanol–water partition coefficient (Wildman–Crippen LogP) is 5.70. The van der Waals surface area contributed by atoms with Crippen molar-refractivity contribution in [3.8, 4) is 5.69 Å². The van der Waals surface area contributed by atoms with Gasteiger partial charge in [-0.25, -0.2) is 9.37 Å². The second-order valence-electron chi connectivity index (χ2n) is 8.26. The van der Waals surface area contributed by atoms with Crippen LogP contribution in [-0.2, 0) is 6.42 Å².